The van der Waals surface area contributed by atoms with Gasteiger partial charge in [-0.25, -0.2) is 9.97 Å². The summed E-state index contributed by atoms with van der Waals surface area (Å²) in [5.74, 6) is 0.841. The zero-order chi connectivity index (χ0) is 38.2. The molecule has 0 bridgehead atoms. The van der Waals surface area contributed by atoms with Gasteiger partial charge in [0, 0.05) is 27.1 Å². The van der Waals surface area contributed by atoms with Gasteiger partial charge >= 0.3 is 0 Å². The molecule has 4 heteroatoms. The molecule has 12 rings (SSSR count). The van der Waals surface area contributed by atoms with E-state index in [1.54, 1.807) is 0 Å². The van der Waals surface area contributed by atoms with Crippen molar-refractivity contribution in [2.45, 2.75) is 0 Å². The molecule has 12 aromatic rings. The van der Waals surface area contributed by atoms with Crippen molar-refractivity contribution in [2.24, 2.45) is 0 Å². The lowest BCUT2D eigenvalue weighted by atomic mass is 9.97. The van der Waals surface area contributed by atoms with Gasteiger partial charge in [-0.1, -0.05) is 158 Å². The zero-order valence-corrected chi connectivity index (χ0v) is 31.4. The summed E-state index contributed by atoms with van der Waals surface area (Å²) >= 11 is 0. The molecule has 8 aromatic carbocycles. The fraction of sp³-hybridized carbons (Fsp3) is 0. The summed E-state index contributed by atoms with van der Waals surface area (Å²) in [6.45, 7) is 0. The standard InChI is InChI=1S/C54H34N4/c1-3-15-35(16-4-1)37-19-13-21-39(31-37)41-33-47(40-22-14-20-38(32-40)36-17-5-2-6-18-36)55-51(34-41)58-49-28-12-10-25-44(49)45-29-30-50-52(53(45)58)56-54-46-26-8-7-23-42(46)43-24-9-11-27-48(43)57(50)54/h1-34H. The van der Waals surface area contributed by atoms with E-state index in [9.17, 15) is 0 Å². The van der Waals surface area contributed by atoms with Crippen molar-refractivity contribution in [1.29, 1.82) is 0 Å². The van der Waals surface area contributed by atoms with Gasteiger partial charge in [-0.2, -0.15) is 0 Å². The van der Waals surface area contributed by atoms with Crippen LogP contribution in [0.25, 0.3) is 111 Å². The van der Waals surface area contributed by atoms with Crippen LogP contribution in [0, 0.1) is 0 Å². The third-order valence-corrected chi connectivity index (χ3v) is 11.7. The number of para-hydroxylation sites is 2. The molecular formula is C54H34N4. The second kappa shape index (κ2) is 12.9. The Morgan fingerprint density at radius 3 is 1.55 bits per heavy atom. The van der Waals surface area contributed by atoms with Gasteiger partial charge in [0.05, 0.1) is 27.8 Å². The fourth-order valence-corrected chi connectivity index (χ4v) is 9.00. The van der Waals surface area contributed by atoms with E-state index in [0.29, 0.717) is 0 Å². The number of pyridine rings is 2. The normalized spacial score (nSPS) is 11.8. The molecule has 0 amide bonds. The first kappa shape index (κ1) is 32.4. The molecule has 0 aliphatic heterocycles. The van der Waals surface area contributed by atoms with Gasteiger partial charge in [0.25, 0.3) is 0 Å². The first-order valence-electron chi connectivity index (χ1n) is 19.7. The minimum Gasteiger partial charge on any atom is -0.292 e. The molecule has 0 aliphatic carbocycles. The van der Waals surface area contributed by atoms with Crippen molar-refractivity contribution in [3.63, 3.8) is 0 Å². The molecular weight excluding hydrogens is 705 g/mol. The lowest BCUT2D eigenvalue weighted by molar-refractivity contribution is 1.09. The second-order valence-corrected chi connectivity index (χ2v) is 15.0. The molecule has 0 N–H and O–H groups in total. The Balaban J connectivity index is 1.18. The first-order chi connectivity index (χ1) is 28.8. The van der Waals surface area contributed by atoms with Crippen LogP contribution in [0.15, 0.2) is 206 Å². The SMILES string of the molecule is c1ccc(-c2cccc(-c3cc(-c4cccc(-c5ccccc5)c4)nc(-n4c5ccccc5c5ccc6c(nc7c8ccccc8c8ccccc8n67)c54)c3)c2)cc1. The monoisotopic (exact) mass is 738 g/mol. The van der Waals surface area contributed by atoms with E-state index in [1.165, 1.54) is 27.5 Å². The number of aromatic nitrogens is 4. The number of hydrogen-bond donors (Lipinski definition) is 0. The average molecular weight is 739 g/mol. The molecule has 4 heterocycles. The van der Waals surface area contributed by atoms with Crippen molar-refractivity contribution in [3.8, 4) is 50.5 Å². The molecule has 0 atom stereocenters. The minimum absolute atomic E-state index is 0.841. The second-order valence-electron chi connectivity index (χ2n) is 15.0. The van der Waals surface area contributed by atoms with E-state index in [2.05, 4.69) is 215 Å². The third kappa shape index (κ3) is 5.02. The van der Waals surface area contributed by atoms with Gasteiger partial charge in [0.15, 0.2) is 0 Å². The van der Waals surface area contributed by atoms with Crippen LogP contribution in [0.1, 0.15) is 0 Å². The van der Waals surface area contributed by atoms with Gasteiger partial charge in [-0.3, -0.25) is 8.97 Å². The highest BCUT2D eigenvalue weighted by Crippen LogP contribution is 2.41. The number of benzene rings is 8. The highest BCUT2D eigenvalue weighted by atomic mass is 15.1. The first-order valence-corrected chi connectivity index (χ1v) is 19.7. The quantitative estimate of drug-likeness (QED) is 0.165. The van der Waals surface area contributed by atoms with Crippen LogP contribution in [0.3, 0.4) is 0 Å². The molecule has 58 heavy (non-hydrogen) atoms. The van der Waals surface area contributed by atoms with Gasteiger partial charge in [0.2, 0.25) is 0 Å². The Morgan fingerprint density at radius 2 is 0.845 bits per heavy atom. The smallest absolute Gasteiger partial charge is 0.146 e. The van der Waals surface area contributed by atoms with Crippen molar-refractivity contribution in [3.05, 3.63) is 206 Å². The topological polar surface area (TPSA) is 35.1 Å². The predicted octanol–water partition coefficient (Wildman–Crippen LogP) is 14.0. The number of nitrogens with zero attached hydrogens (tertiary/aromatic N) is 4. The molecule has 4 aromatic heterocycles. The van der Waals surface area contributed by atoms with Crippen LogP contribution in [0.5, 0.6) is 0 Å². The maximum atomic E-state index is 5.58. The summed E-state index contributed by atoms with van der Waals surface area (Å²) in [5.41, 5.74) is 15.1. The molecule has 0 saturated carbocycles. The number of imidazole rings is 1. The van der Waals surface area contributed by atoms with E-state index >= 15 is 0 Å². The lowest BCUT2D eigenvalue weighted by Gasteiger charge is -2.14. The van der Waals surface area contributed by atoms with Crippen molar-refractivity contribution >= 4 is 60.2 Å². The maximum absolute atomic E-state index is 5.58. The lowest BCUT2D eigenvalue weighted by Crippen LogP contribution is -2.00. The van der Waals surface area contributed by atoms with Crippen LogP contribution in [0.2, 0.25) is 0 Å². The molecule has 270 valence electrons. The summed E-state index contributed by atoms with van der Waals surface area (Å²) < 4.78 is 4.69. The fourth-order valence-electron chi connectivity index (χ4n) is 9.00. The molecule has 0 saturated heterocycles. The van der Waals surface area contributed by atoms with Gasteiger partial charge in [0.1, 0.15) is 17.0 Å². The summed E-state index contributed by atoms with van der Waals surface area (Å²) in [5, 5.41) is 5.85. The third-order valence-electron chi connectivity index (χ3n) is 11.7. The van der Waals surface area contributed by atoms with Crippen LogP contribution in [-0.2, 0) is 0 Å². The Morgan fingerprint density at radius 1 is 0.310 bits per heavy atom. The predicted molar refractivity (Wildman–Crippen MR) is 242 cm³/mol. The summed E-state index contributed by atoms with van der Waals surface area (Å²) in [6.07, 6.45) is 0. The van der Waals surface area contributed by atoms with Gasteiger partial charge < -0.3 is 0 Å². The molecule has 0 radical (unpaired) electrons. The minimum atomic E-state index is 0.841. The molecule has 0 unspecified atom stereocenters. The highest BCUT2D eigenvalue weighted by molar-refractivity contribution is 6.20. The van der Waals surface area contributed by atoms with E-state index in [1.807, 2.05) is 0 Å². The van der Waals surface area contributed by atoms with E-state index in [0.717, 1.165) is 83.2 Å². The maximum Gasteiger partial charge on any atom is 0.146 e. The van der Waals surface area contributed by atoms with Crippen molar-refractivity contribution in [2.75, 3.05) is 0 Å². The Labute approximate surface area is 334 Å². The Bertz CT molecular complexity index is 3460. The molecule has 0 spiro atoms. The van der Waals surface area contributed by atoms with E-state index < -0.39 is 0 Å². The molecule has 0 aliphatic rings. The number of fused-ring (bicyclic) bond motifs is 12. The van der Waals surface area contributed by atoms with Crippen molar-refractivity contribution < 1.29 is 0 Å². The highest BCUT2D eigenvalue weighted by Gasteiger charge is 2.22. The average Bonchev–Trinajstić information content (AvgIpc) is 3.87. The summed E-state index contributed by atoms with van der Waals surface area (Å²) in [7, 11) is 0. The largest absolute Gasteiger partial charge is 0.292 e. The van der Waals surface area contributed by atoms with Crippen LogP contribution < -0.4 is 0 Å². The van der Waals surface area contributed by atoms with Gasteiger partial charge in [-0.05, 0) is 87.3 Å². The summed E-state index contributed by atoms with van der Waals surface area (Å²) in [4.78, 5) is 11.1. The number of rotatable bonds is 5. The zero-order valence-electron chi connectivity index (χ0n) is 31.4. The van der Waals surface area contributed by atoms with Crippen molar-refractivity contribution in [1.82, 2.24) is 18.9 Å². The Kier molecular flexibility index (Phi) is 7.20. The van der Waals surface area contributed by atoms with E-state index in [4.69, 9.17) is 9.97 Å². The summed E-state index contributed by atoms with van der Waals surface area (Å²) in [6, 6.07) is 73.7. The van der Waals surface area contributed by atoms with Crippen LogP contribution in [-0.4, -0.2) is 18.9 Å². The van der Waals surface area contributed by atoms with Gasteiger partial charge in [-0.15, -0.1) is 0 Å². The van der Waals surface area contributed by atoms with Crippen LogP contribution in [0.4, 0.5) is 0 Å². The molecule has 4 nitrogen and oxygen atoms in total. The van der Waals surface area contributed by atoms with Crippen LogP contribution >= 0.6 is 0 Å². The van der Waals surface area contributed by atoms with E-state index in [-0.39, 0.29) is 0 Å². The Hall–Kier alpha value is -7.82. The molecule has 0 fully saturated rings. The number of hydrogen-bond acceptors (Lipinski definition) is 2.